The quantitative estimate of drug-likeness (QED) is 0.750. The van der Waals surface area contributed by atoms with Crippen LogP contribution in [0.3, 0.4) is 0 Å². The molecule has 1 saturated heterocycles. The molecule has 2 fully saturated rings. The summed E-state index contributed by atoms with van der Waals surface area (Å²) in [6.07, 6.45) is 8.15. The Morgan fingerprint density at radius 2 is 1.71 bits per heavy atom. The Morgan fingerprint density at radius 3 is 2.36 bits per heavy atom. The maximum absolute atomic E-state index is 5.39. The molecular formula is C12H23NO. The lowest BCUT2D eigenvalue weighted by Crippen LogP contribution is -2.41. The molecule has 2 aliphatic rings. The van der Waals surface area contributed by atoms with Gasteiger partial charge in [-0.05, 0) is 38.5 Å². The van der Waals surface area contributed by atoms with Crippen molar-refractivity contribution in [3.63, 3.8) is 0 Å². The lowest BCUT2D eigenvalue weighted by Gasteiger charge is -2.30. The normalized spacial score (nSPS) is 28.1. The zero-order valence-corrected chi connectivity index (χ0v) is 9.30. The van der Waals surface area contributed by atoms with Crippen LogP contribution in [0.15, 0.2) is 0 Å². The van der Waals surface area contributed by atoms with Gasteiger partial charge in [0.15, 0.2) is 0 Å². The number of ether oxygens (including phenoxy) is 1. The summed E-state index contributed by atoms with van der Waals surface area (Å²) in [6, 6.07) is 1.51. The predicted molar refractivity (Wildman–Crippen MR) is 58.4 cm³/mol. The molecule has 0 spiro atoms. The largest absolute Gasteiger partial charge is 0.381 e. The maximum atomic E-state index is 5.39. The summed E-state index contributed by atoms with van der Waals surface area (Å²) in [4.78, 5) is 0. The minimum absolute atomic E-state index is 0.696. The molecule has 0 bridgehead atoms. The van der Waals surface area contributed by atoms with Crippen molar-refractivity contribution in [1.82, 2.24) is 5.32 Å². The van der Waals surface area contributed by atoms with Gasteiger partial charge in [0.05, 0.1) is 0 Å². The van der Waals surface area contributed by atoms with E-state index in [1.807, 2.05) is 0 Å². The lowest BCUT2D eigenvalue weighted by molar-refractivity contribution is 0.0545. The van der Waals surface area contributed by atoms with E-state index in [-0.39, 0.29) is 0 Å². The van der Waals surface area contributed by atoms with E-state index in [9.17, 15) is 0 Å². The van der Waals surface area contributed by atoms with E-state index >= 15 is 0 Å². The van der Waals surface area contributed by atoms with Crippen molar-refractivity contribution in [2.75, 3.05) is 13.2 Å². The number of hydrogen-bond acceptors (Lipinski definition) is 2. The highest BCUT2D eigenvalue weighted by molar-refractivity contribution is 4.81. The summed E-state index contributed by atoms with van der Waals surface area (Å²) in [5.74, 6) is 0.851. The molecule has 0 amide bonds. The summed E-state index contributed by atoms with van der Waals surface area (Å²) < 4.78 is 5.39. The SMILES string of the molecule is CC(NC1CCCC1)C1CCOCC1. The van der Waals surface area contributed by atoms with E-state index < -0.39 is 0 Å². The minimum Gasteiger partial charge on any atom is -0.381 e. The van der Waals surface area contributed by atoms with E-state index in [0.29, 0.717) is 6.04 Å². The van der Waals surface area contributed by atoms with Crippen molar-refractivity contribution < 1.29 is 4.74 Å². The Hall–Kier alpha value is -0.0800. The molecule has 2 heteroatoms. The molecule has 82 valence electrons. The van der Waals surface area contributed by atoms with Crippen LogP contribution in [-0.4, -0.2) is 25.3 Å². The topological polar surface area (TPSA) is 21.3 Å². The molecule has 1 N–H and O–H groups in total. The minimum atomic E-state index is 0.696. The van der Waals surface area contributed by atoms with Crippen LogP contribution in [0.1, 0.15) is 45.4 Å². The van der Waals surface area contributed by atoms with Gasteiger partial charge in [-0.15, -0.1) is 0 Å². The van der Waals surface area contributed by atoms with Crippen LogP contribution in [0.25, 0.3) is 0 Å². The fourth-order valence-electron chi connectivity index (χ4n) is 2.82. The van der Waals surface area contributed by atoms with Gasteiger partial charge in [-0.25, -0.2) is 0 Å². The highest BCUT2D eigenvalue weighted by Gasteiger charge is 2.23. The molecule has 14 heavy (non-hydrogen) atoms. The molecule has 1 unspecified atom stereocenters. The molecule has 0 aromatic carbocycles. The van der Waals surface area contributed by atoms with Gasteiger partial charge in [-0.2, -0.15) is 0 Å². The first-order valence-electron chi connectivity index (χ1n) is 6.20. The fourth-order valence-corrected chi connectivity index (χ4v) is 2.82. The van der Waals surface area contributed by atoms with Gasteiger partial charge in [0, 0.05) is 25.3 Å². The highest BCUT2D eigenvalue weighted by atomic mass is 16.5. The van der Waals surface area contributed by atoms with Crippen molar-refractivity contribution >= 4 is 0 Å². The average Bonchev–Trinajstić information content (AvgIpc) is 2.72. The zero-order chi connectivity index (χ0) is 9.80. The summed E-state index contributed by atoms with van der Waals surface area (Å²) >= 11 is 0. The summed E-state index contributed by atoms with van der Waals surface area (Å²) in [5.41, 5.74) is 0. The van der Waals surface area contributed by atoms with E-state index in [1.165, 1.54) is 38.5 Å². The molecule has 2 nitrogen and oxygen atoms in total. The molecule has 1 heterocycles. The first-order chi connectivity index (χ1) is 6.86. The van der Waals surface area contributed by atoms with Gasteiger partial charge in [-0.3, -0.25) is 0 Å². The molecule has 2 rings (SSSR count). The van der Waals surface area contributed by atoms with Crippen molar-refractivity contribution in [2.45, 2.75) is 57.5 Å². The number of nitrogens with one attached hydrogen (secondary N) is 1. The smallest absolute Gasteiger partial charge is 0.0469 e. The van der Waals surface area contributed by atoms with E-state index in [1.54, 1.807) is 0 Å². The highest BCUT2D eigenvalue weighted by Crippen LogP contribution is 2.23. The van der Waals surface area contributed by atoms with Gasteiger partial charge < -0.3 is 10.1 Å². The third-order valence-electron chi connectivity index (χ3n) is 3.83. The molecule has 0 aromatic heterocycles. The molecular weight excluding hydrogens is 174 g/mol. The average molecular weight is 197 g/mol. The third-order valence-corrected chi connectivity index (χ3v) is 3.83. The Bertz CT molecular complexity index is 160. The van der Waals surface area contributed by atoms with Gasteiger partial charge in [0.1, 0.15) is 0 Å². The van der Waals surface area contributed by atoms with Crippen LogP contribution in [0.5, 0.6) is 0 Å². The summed E-state index contributed by atoms with van der Waals surface area (Å²) in [5, 5.41) is 3.79. The van der Waals surface area contributed by atoms with Gasteiger partial charge in [0.25, 0.3) is 0 Å². The van der Waals surface area contributed by atoms with Crippen LogP contribution >= 0.6 is 0 Å². The number of hydrogen-bond donors (Lipinski definition) is 1. The van der Waals surface area contributed by atoms with Crippen molar-refractivity contribution in [3.8, 4) is 0 Å². The lowest BCUT2D eigenvalue weighted by atomic mass is 9.92. The zero-order valence-electron chi connectivity index (χ0n) is 9.30. The molecule has 1 atom stereocenters. The van der Waals surface area contributed by atoms with Crippen LogP contribution in [-0.2, 0) is 4.74 Å². The molecule has 1 aliphatic carbocycles. The monoisotopic (exact) mass is 197 g/mol. The molecule has 1 aliphatic heterocycles. The first kappa shape index (κ1) is 10.4. The number of rotatable bonds is 3. The Kier molecular flexibility index (Phi) is 3.82. The van der Waals surface area contributed by atoms with Crippen LogP contribution in [0.2, 0.25) is 0 Å². The third kappa shape index (κ3) is 2.71. The van der Waals surface area contributed by atoms with Crippen LogP contribution < -0.4 is 5.32 Å². The predicted octanol–water partition coefficient (Wildman–Crippen LogP) is 2.33. The Balaban J connectivity index is 1.72. The van der Waals surface area contributed by atoms with E-state index in [4.69, 9.17) is 4.74 Å². The molecule has 0 aromatic rings. The maximum Gasteiger partial charge on any atom is 0.0469 e. The van der Waals surface area contributed by atoms with Crippen molar-refractivity contribution in [3.05, 3.63) is 0 Å². The van der Waals surface area contributed by atoms with Crippen molar-refractivity contribution in [1.29, 1.82) is 0 Å². The second kappa shape index (κ2) is 5.13. The Labute approximate surface area is 87.4 Å². The second-order valence-electron chi connectivity index (χ2n) is 4.89. The second-order valence-corrected chi connectivity index (χ2v) is 4.89. The van der Waals surface area contributed by atoms with Crippen LogP contribution in [0, 0.1) is 5.92 Å². The fraction of sp³-hybridized carbons (Fsp3) is 1.00. The Morgan fingerprint density at radius 1 is 1.07 bits per heavy atom. The van der Waals surface area contributed by atoms with Crippen LogP contribution in [0.4, 0.5) is 0 Å². The van der Waals surface area contributed by atoms with E-state index in [0.717, 1.165) is 25.2 Å². The summed E-state index contributed by atoms with van der Waals surface area (Å²) in [7, 11) is 0. The van der Waals surface area contributed by atoms with Crippen molar-refractivity contribution in [2.24, 2.45) is 5.92 Å². The first-order valence-corrected chi connectivity index (χ1v) is 6.20. The van der Waals surface area contributed by atoms with Gasteiger partial charge >= 0.3 is 0 Å². The van der Waals surface area contributed by atoms with E-state index in [2.05, 4.69) is 12.2 Å². The standard InChI is InChI=1S/C12H23NO/c1-10(11-6-8-14-9-7-11)13-12-4-2-3-5-12/h10-13H,2-9H2,1H3. The van der Waals surface area contributed by atoms with Gasteiger partial charge in [-0.1, -0.05) is 12.8 Å². The molecule has 0 radical (unpaired) electrons. The molecule has 1 saturated carbocycles. The van der Waals surface area contributed by atoms with Gasteiger partial charge in [0.2, 0.25) is 0 Å². The summed E-state index contributed by atoms with van der Waals surface area (Å²) in [6.45, 7) is 4.30.